The molecule has 2 heteroatoms. The highest BCUT2D eigenvalue weighted by Crippen LogP contribution is 2.48. The van der Waals surface area contributed by atoms with Crippen LogP contribution in [0.1, 0.15) is 37.7 Å². The van der Waals surface area contributed by atoms with E-state index < -0.39 is 0 Å². The van der Waals surface area contributed by atoms with Gasteiger partial charge in [-0.05, 0) is 24.5 Å². The zero-order valence-electron chi connectivity index (χ0n) is 8.94. The van der Waals surface area contributed by atoms with E-state index in [1.165, 1.54) is 24.8 Å². The van der Waals surface area contributed by atoms with Crippen molar-refractivity contribution in [2.75, 3.05) is 4.90 Å². The third-order valence-electron chi connectivity index (χ3n) is 3.75. The molecule has 0 bridgehead atoms. The predicted molar refractivity (Wildman–Crippen MR) is 60.0 cm³/mol. The molecule has 1 aromatic rings. The largest absolute Gasteiger partial charge is 0.309 e. The van der Waals surface area contributed by atoms with E-state index in [9.17, 15) is 4.79 Å². The van der Waals surface area contributed by atoms with Crippen LogP contribution in [0, 0.1) is 0 Å². The van der Waals surface area contributed by atoms with Crippen LogP contribution in [0.3, 0.4) is 0 Å². The Morgan fingerprint density at radius 1 is 1.33 bits per heavy atom. The van der Waals surface area contributed by atoms with Crippen molar-refractivity contribution in [3.8, 4) is 0 Å². The number of fused-ring (bicyclic) bond motifs is 3. The Kier molecular flexibility index (Phi) is 1.84. The van der Waals surface area contributed by atoms with Crippen molar-refractivity contribution < 1.29 is 4.79 Å². The van der Waals surface area contributed by atoms with Crippen LogP contribution in [-0.4, -0.2) is 11.9 Å². The van der Waals surface area contributed by atoms with Gasteiger partial charge in [0.15, 0.2) is 0 Å². The fraction of sp³-hybridized carbons (Fsp3) is 0.462. The Balaban J connectivity index is 2.13. The first kappa shape index (κ1) is 8.96. The lowest BCUT2D eigenvalue weighted by Gasteiger charge is -2.23. The summed E-state index contributed by atoms with van der Waals surface area (Å²) in [6, 6.07) is 8.81. The Morgan fingerprint density at radius 2 is 2.13 bits per heavy atom. The van der Waals surface area contributed by atoms with E-state index in [0.717, 1.165) is 5.69 Å². The number of nitrogens with zero attached hydrogens (tertiary/aromatic N) is 1. The average Bonchev–Trinajstić information content (AvgIpc) is 2.75. The second-order valence-electron chi connectivity index (χ2n) is 4.55. The van der Waals surface area contributed by atoms with E-state index in [1.807, 2.05) is 11.0 Å². The number of anilines is 1. The van der Waals surface area contributed by atoms with Gasteiger partial charge >= 0.3 is 0 Å². The maximum absolute atomic E-state index is 11.7. The van der Waals surface area contributed by atoms with E-state index in [1.54, 1.807) is 6.92 Å². The number of carbonyl (C=O) groups is 1. The summed E-state index contributed by atoms with van der Waals surface area (Å²) < 4.78 is 0. The van der Waals surface area contributed by atoms with Gasteiger partial charge in [0.05, 0.1) is 0 Å². The highest BCUT2D eigenvalue weighted by Gasteiger charge is 2.42. The summed E-state index contributed by atoms with van der Waals surface area (Å²) in [5.74, 6) is 0.793. The van der Waals surface area contributed by atoms with Gasteiger partial charge < -0.3 is 4.90 Å². The second kappa shape index (κ2) is 3.09. The zero-order valence-corrected chi connectivity index (χ0v) is 8.94. The first-order valence-electron chi connectivity index (χ1n) is 5.68. The van der Waals surface area contributed by atoms with Crippen LogP contribution in [0.4, 0.5) is 5.69 Å². The highest BCUT2D eigenvalue weighted by molar-refractivity contribution is 5.95. The van der Waals surface area contributed by atoms with Crippen molar-refractivity contribution in [2.45, 2.75) is 38.1 Å². The Bertz CT molecular complexity index is 413. The van der Waals surface area contributed by atoms with Crippen LogP contribution in [0.25, 0.3) is 0 Å². The van der Waals surface area contributed by atoms with E-state index in [2.05, 4.69) is 18.2 Å². The lowest BCUT2D eigenvalue weighted by Crippen LogP contribution is -2.35. The minimum absolute atomic E-state index is 0.192. The number of hydrogen-bond acceptors (Lipinski definition) is 1. The molecule has 0 unspecified atom stereocenters. The average molecular weight is 201 g/mol. The van der Waals surface area contributed by atoms with Gasteiger partial charge in [-0.1, -0.05) is 24.6 Å². The maximum atomic E-state index is 11.7. The molecule has 0 saturated heterocycles. The summed E-state index contributed by atoms with van der Waals surface area (Å²) in [4.78, 5) is 13.7. The Morgan fingerprint density at radius 3 is 2.93 bits per heavy atom. The van der Waals surface area contributed by atoms with Crippen molar-refractivity contribution in [3.05, 3.63) is 29.8 Å². The monoisotopic (exact) mass is 201 g/mol. The predicted octanol–water partition coefficient (Wildman–Crippen LogP) is 2.69. The molecule has 2 aliphatic rings. The molecule has 1 aliphatic heterocycles. The first-order chi connectivity index (χ1) is 7.29. The summed E-state index contributed by atoms with van der Waals surface area (Å²) >= 11 is 0. The number of rotatable bonds is 0. The summed E-state index contributed by atoms with van der Waals surface area (Å²) in [6.07, 6.45) is 3.66. The van der Waals surface area contributed by atoms with Gasteiger partial charge in [0.2, 0.25) is 5.91 Å². The minimum Gasteiger partial charge on any atom is -0.309 e. The lowest BCUT2D eigenvalue weighted by atomic mass is 9.98. The van der Waals surface area contributed by atoms with Gasteiger partial charge in [0.1, 0.15) is 0 Å². The molecule has 0 aromatic heterocycles. The number of benzene rings is 1. The summed E-state index contributed by atoms with van der Waals surface area (Å²) in [7, 11) is 0. The lowest BCUT2D eigenvalue weighted by molar-refractivity contribution is -0.116. The fourth-order valence-corrected chi connectivity index (χ4v) is 3.21. The van der Waals surface area contributed by atoms with Gasteiger partial charge in [0, 0.05) is 24.6 Å². The standard InChI is InChI=1S/C13H15NO/c1-9(15)14-12-7-3-2-5-10(12)11-6-4-8-13(11)14/h2-3,5,7,11,13H,4,6,8H2,1H3/t11-,13+/m1/s1. The molecule has 1 aliphatic carbocycles. The van der Waals surface area contributed by atoms with Crippen LogP contribution in [0.5, 0.6) is 0 Å². The topological polar surface area (TPSA) is 20.3 Å². The number of amides is 1. The fourth-order valence-electron chi connectivity index (χ4n) is 3.21. The molecule has 78 valence electrons. The molecule has 0 N–H and O–H groups in total. The van der Waals surface area contributed by atoms with Crippen molar-refractivity contribution in [1.82, 2.24) is 0 Å². The SMILES string of the molecule is CC(=O)N1c2ccccc2[C@H]2CCC[C@@H]21. The number of hydrogen-bond donors (Lipinski definition) is 0. The number of carbonyl (C=O) groups excluding carboxylic acids is 1. The molecule has 15 heavy (non-hydrogen) atoms. The zero-order chi connectivity index (χ0) is 10.4. The van der Waals surface area contributed by atoms with Crippen molar-refractivity contribution in [2.24, 2.45) is 0 Å². The molecule has 2 nitrogen and oxygen atoms in total. The van der Waals surface area contributed by atoms with E-state index in [-0.39, 0.29) is 5.91 Å². The highest BCUT2D eigenvalue weighted by atomic mass is 16.2. The first-order valence-corrected chi connectivity index (χ1v) is 5.68. The van der Waals surface area contributed by atoms with Gasteiger partial charge in [-0.15, -0.1) is 0 Å². The molecule has 0 spiro atoms. The van der Waals surface area contributed by atoms with Gasteiger partial charge in [-0.25, -0.2) is 0 Å². The quantitative estimate of drug-likeness (QED) is 0.632. The smallest absolute Gasteiger partial charge is 0.224 e. The van der Waals surface area contributed by atoms with Crippen molar-refractivity contribution in [1.29, 1.82) is 0 Å². The molecule has 0 radical (unpaired) electrons. The molecular weight excluding hydrogens is 186 g/mol. The van der Waals surface area contributed by atoms with E-state index >= 15 is 0 Å². The molecule has 1 aromatic carbocycles. The van der Waals surface area contributed by atoms with E-state index in [0.29, 0.717) is 12.0 Å². The van der Waals surface area contributed by atoms with Gasteiger partial charge in [-0.3, -0.25) is 4.79 Å². The summed E-state index contributed by atoms with van der Waals surface area (Å²) in [6.45, 7) is 1.68. The van der Waals surface area contributed by atoms with Gasteiger partial charge in [0.25, 0.3) is 0 Å². The molecule has 3 rings (SSSR count). The molecule has 2 atom stereocenters. The Hall–Kier alpha value is -1.31. The molecule has 1 saturated carbocycles. The number of para-hydroxylation sites is 1. The van der Waals surface area contributed by atoms with Crippen LogP contribution < -0.4 is 4.90 Å². The van der Waals surface area contributed by atoms with Crippen LogP contribution in [0.15, 0.2) is 24.3 Å². The van der Waals surface area contributed by atoms with Crippen LogP contribution >= 0.6 is 0 Å². The Labute approximate surface area is 89.9 Å². The molecule has 1 fully saturated rings. The normalized spacial score (nSPS) is 27.7. The summed E-state index contributed by atoms with van der Waals surface area (Å²) in [5.41, 5.74) is 2.54. The molecule has 1 heterocycles. The third-order valence-corrected chi connectivity index (χ3v) is 3.75. The van der Waals surface area contributed by atoms with E-state index in [4.69, 9.17) is 0 Å². The van der Waals surface area contributed by atoms with Crippen LogP contribution in [0.2, 0.25) is 0 Å². The second-order valence-corrected chi connectivity index (χ2v) is 4.55. The minimum atomic E-state index is 0.192. The summed E-state index contributed by atoms with van der Waals surface area (Å²) in [5, 5.41) is 0. The molecular formula is C13H15NO. The third kappa shape index (κ3) is 1.14. The van der Waals surface area contributed by atoms with Crippen molar-refractivity contribution in [3.63, 3.8) is 0 Å². The molecule has 1 amide bonds. The van der Waals surface area contributed by atoms with Gasteiger partial charge in [-0.2, -0.15) is 0 Å². The van der Waals surface area contributed by atoms with Crippen molar-refractivity contribution >= 4 is 11.6 Å². The maximum Gasteiger partial charge on any atom is 0.224 e. The van der Waals surface area contributed by atoms with Crippen LogP contribution in [-0.2, 0) is 4.79 Å².